The SMILES string of the molecule is Cc1cc(-c2cccs2)nc(C(C)C(=O)O)n1. The Kier molecular flexibility index (Phi) is 3.19. The van der Waals surface area contributed by atoms with Crippen molar-refractivity contribution in [2.75, 3.05) is 0 Å². The van der Waals surface area contributed by atoms with Crippen molar-refractivity contribution in [2.45, 2.75) is 19.8 Å². The van der Waals surface area contributed by atoms with Crippen LogP contribution in [0.1, 0.15) is 24.4 Å². The fourth-order valence-electron chi connectivity index (χ4n) is 1.45. The molecule has 88 valence electrons. The lowest BCUT2D eigenvalue weighted by Gasteiger charge is -2.07. The molecule has 0 aliphatic carbocycles. The van der Waals surface area contributed by atoms with E-state index in [9.17, 15) is 4.79 Å². The number of carboxylic acid groups (broad SMARTS) is 1. The predicted octanol–water partition coefficient (Wildman–Crippen LogP) is 2.70. The van der Waals surface area contributed by atoms with Crippen LogP contribution in [0.4, 0.5) is 0 Å². The highest BCUT2D eigenvalue weighted by Gasteiger charge is 2.18. The zero-order valence-electron chi connectivity index (χ0n) is 9.54. The molecule has 0 saturated heterocycles. The minimum atomic E-state index is -0.910. The summed E-state index contributed by atoms with van der Waals surface area (Å²) in [5.41, 5.74) is 1.57. The third kappa shape index (κ3) is 2.50. The third-order valence-corrected chi connectivity index (χ3v) is 3.30. The maximum atomic E-state index is 10.9. The minimum absolute atomic E-state index is 0.362. The van der Waals surface area contributed by atoms with Crippen LogP contribution >= 0.6 is 11.3 Å². The van der Waals surface area contributed by atoms with Gasteiger partial charge in [0, 0.05) is 5.69 Å². The molecule has 2 aromatic rings. The Morgan fingerprint density at radius 1 is 1.47 bits per heavy atom. The number of aliphatic carboxylic acids is 1. The maximum Gasteiger partial charge on any atom is 0.313 e. The van der Waals surface area contributed by atoms with E-state index < -0.39 is 11.9 Å². The summed E-state index contributed by atoms with van der Waals surface area (Å²) in [6, 6.07) is 5.77. The average Bonchev–Trinajstić information content (AvgIpc) is 2.80. The number of hydrogen-bond donors (Lipinski definition) is 1. The third-order valence-electron chi connectivity index (χ3n) is 2.40. The van der Waals surface area contributed by atoms with E-state index in [2.05, 4.69) is 9.97 Å². The molecule has 0 aliphatic heterocycles. The molecule has 0 amide bonds. The van der Waals surface area contributed by atoms with Gasteiger partial charge in [0.25, 0.3) is 0 Å². The summed E-state index contributed by atoms with van der Waals surface area (Å²) in [5.74, 6) is -1.23. The molecule has 2 heterocycles. The first kappa shape index (κ1) is 11.7. The van der Waals surface area contributed by atoms with Crippen molar-refractivity contribution in [1.29, 1.82) is 0 Å². The second-order valence-corrected chi connectivity index (χ2v) is 4.74. The van der Waals surface area contributed by atoms with Gasteiger partial charge in [-0.2, -0.15) is 0 Å². The predicted molar refractivity (Wildman–Crippen MR) is 66.1 cm³/mol. The van der Waals surface area contributed by atoms with Crippen LogP contribution in [0.25, 0.3) is 10.6 Å². The van der Waals surface area contributed by atoms with Gasteiger partial charge in [0.2, 0.25) is 0 Å². The van der Waals surface area contributed by atoms with Crippen LogP contribution in [0.5, 0.6) is 0 Å². The molecular weight excluding hydrogens is 236 g/mol. The first-order chi connectivity index (χ1) is 8.08. The molecule has 0 saturated carbocycles. The Hall–Kier alpha value is -1.75. The van der Waals surface area contributed by atoms with E-state index in [1.165, 1.54) is 0 Å². The number of aryl methyl sites for hydroxylation is 1. The second kappa shape index (κ2) is 4.63. The molecule has 0 spiro atoms. The molecular formula is C12H12N2O2S. The largest absolute Gasteiger partial charge is 0.481 e. The Morgan fingerprint density at radius 2 is 2.24 bits per heavy atom. The van der Waals surface area contributed by atoms with Crippen LogP contribution < -0.4 is 0 Å². The number of rotatable bonds is 3. The molecule has 0 aromatic carbocycles. The lowest BCUT2D eigenvalue weighted by Crippen LogP contribution is -2.12. The van der Waals surface area contributed by atoms with Gasteiger partial charge in [-0.25, -0.2) is 9.97 Å². The van der Waals surface area contributed by atoms with Crippen molar-refractivity contribution in [3.63, 3.8) is 0 Å². The van der Waals surface area contributed by atoms with E-state index in [4.69, 9.17) is 5.11 Å². The monoisotopic (exact) mass is 248 g/mol. The van der Waals surface area contributed by atoms with Crippen LogP contribution in [0, 0.1) is 6.92 Å². The van der Waals surface area contributed by atoms with Crippen LogP contribution in [0.15, 0.2) is 23.6 Å². The van der Waals surface area contributed by atoms with Crippen molar-refractivity contribution < 1.29 is 9.90 Å². The van der Waals surface area contributed by atoms with E-state index in [-0.39, 0.29) is 0 Å². The van der Waals surface area contributed by atoms with Gasteiger partial charge < -0.3 is 5.11 Å². The van der Waals surface area contributed by atoms with Gasteiger partial charge in [0.05, 0.1) is 10.6 Å². The smallest absolute Gasteiger partial charge is 0.313 e. The van der Waals surface area contributed by atoms with Gasteiger partial charge in [-0.3, -0.25) is 4.79 Å². The van der Waals surface area contributed by atoms with Crippen molar-refractivity contribution in [1.82, 2.24) is 9.97 Å². The summed E-state index contributed by atoms with van der Waals surface area (Å²) in [4.78, 5) is 20.4. The topological polar surface area (TPSA) is 63.1 Å². The standard InChI is InChI=1S/C12H12N2O2S/c1-7-6-9(10-4-3-5-17-10)14-11(13-7)8(2)12(15)16/h3-6,8H,1-2H3,(H,15,16). The minimum Gasteiger partial charge on any atom is -0.481 e. The first-order valence-electron chi connectivity index (χ1n) is 5.20. The molecule has 0 aliphatic rings. The van der Waals surface area contributed by atoms with Crippen LogP contribution in [0.2, 0.25) is 0 Å². The number of carboxylic acids is 1. The zero-order chi connectivity index (χ0) is 12.4. The van der Waals surface area contributed by atoms with Gasteiger partial charge in [0.1, 0.15) is 11.7 Å². The molecule has 17 heavy (non-hydrogen) atoms. The fraction of sp³-hybridized carbons (Fsp3) is 0.250. The van der Waals surface area contributed by atoms with Crippen LogP contribution in [-0.2, 0) is 4.79 Å². The summed E-state index contributed by atoms with van der Waals surface area (Å²) in [6.45, 7) is 3.44. The highest BCUT2D eigenvalue weighted by atomic mass is 32.1. The molecule has 1 unspecified atom stereocenters. The number of aromatic nitrogens is 2. The van der Waals surface area contributed by atoms with E-state index in [0.717, 1.165) is 16.3 Å². The van der Waals surface area contributed by atoms with Crippen LogP contribution in [0.3, 0.4) is 0 Å². The number of thiophene rings is 1. The summed E-state index contributed by atoms with van der Waals surface area (Å²) in [6.07, 6.45) is 0. The Morgan fingerprint density at radius 3 is 2.82 bits per heavy atom. The van der Waals surface area contributed by atoms with Crippen molar-refractivity contribution in [2.24, 2.45) is 0 Å². The van der Waals surface area contributed by atoms with Gasteiger partial charge in [0.15, 0.2) is 0 Å². The van der Waals surface area contributed by atoms with Gasteiger partial charge >= 0.3 is 5.97 Å². The molecule has 2 rings (SSSR count). The maximum absolute atomic E-state index is 10.9. The fourth-order valence-corrected chi connectivity index (χ4v) is 2.13. The van der Waals surface area contributed by atoms with Gasteiger partial charge in [-0.15, -0.1) is 11.3 Å². The number of nitrogens with zero attached hydrogens (tertiary/aromatic N) is 2. The van der Waals surface area contributed by atoms with Gasteiger partial charge in [-0.1, -0.05) is 6.07 Å². The van der Waals surface area contributed by atoms with E-state index >= 15 is 0 Å². The summed E-state index contributed by atoms with van der Waals surface area (Å²) in [7, 11) is 0. The van der Waals surface area contributed by atoms with E-state index in [0.29, 0.717) is 5.82 Å². The molecule has 0 bridgehead atoms. The van der Waals surface area contributed by atoms with Crippen molar-refractivity contribution in [3.05, 3.63) is 35.1 Å². The summed E-state index contributed by atoms with van der Waals surface area (Å²) in [5, 5.41) is 10.9. The molecule has 2 aromatic heterocycles. The molecule has 1 atom stereocenters. The molecule has 5 heteroatoms. The highest BCUT2D eigenvalue weighted by molar-refractivity contribution is 7.13. The van der Waals surface area contributed by atoms with Crippen molar-refractivity contribution >= 4 is 17.3 Å². The quantitative estimate of drug-likeness (QED) is 0.907. The summed E-state index contributed by atoms with van der Waals surface area (Å²) < 4.78 is 0. The molecule has 0 radical (unpaired) electrons. The Labute approximate surface area is 103 Å². The van der Waals surface area contributed by atoms with Crippen molar-refractivity contribution in [3.8, 4) is 10.6 Å². The second-order valence-electron chi connectivity index (χ2n) is 3.79. The average molecular weight is 248 g/mol. The molecule has 0 fully saturated rings. The van der Waals surface area contributed by atoms with E-state index in [1.54, 1.807) is 18.3 Å². The van der Waals surface area contributed by atoms with Crippen LogP contribution in [-0.4, -0.2) is 21.0 Å². The lowest BCUT2D eigenvalue weighted by atomic mass is 10.1. The van der Waals surface area contributed by atoms with E-state index in [1.807, 2.05) is 30.5 Å². The molecule has 4 nitrogen and oxygen atoms in total. The Bertz CT molecular complexity index is 537. The highest BCUT2D eigenvalue weighted by Crippen LogP contribution is 2.24. The summed E-state index contributed by atoms with van der Waals surface area (Å²) >= 11 is 1.58. The van der Waals surface area contributed by atoms with Gasteiger partial charge in [-0.05, 0) is 31.4 Å². The number of carbonyl (C=O) groups is 1. The zero-order valence-corrected chi connectivity index (χ0v) is 10.4. The lowest BCUT2D eigenvalue weighted by molar-refractivity contribution is -0.138. The first-order valence-corrected chi connectivity index (χ1v) is 6.08. The number of hydrogen-bond acceptors (Lipinski definition) is 4. The normalized spacial score (nSPS) is 12.4. The Balaban J connectivity index is 2.46. The molecule has 1 N–H and O–H groups in total.